The predicted octanol–water partition coefficient (Wildman–Crippen LogP) is 4.36. The molecule has 0 aliphatic rings. The molecular weight excluding hydrogens is 406 g/mol. The highest BCUT2D eigenvalue weighted by Gasteiger charge is 2.18. The minimum Gasteiger partial charge on any atom is -0.344 e. The van der Waals surface area contributed by atoms with Crippen LogP contribution < -0.4 is 0 Å². The van der Waals surface area contributed by atoms with Gasteiger partial charge in [0, 0.05) is 29.9 Å². The van der Waals surface area contributed by atoms with Crippen LogP contribution in [0.4, 0.5) is 0 Å². The van der Waals surface area contributed by atoms with E-state index in [0.29, 0.717) is 29.0 Å². The van der Waals surface area contributed by atoms with Crippen LogP contribution >= 0.6 is 23.4 Å². The molecule has 0 aliphatic heterocycles. The van der Waals surface area contributed by atoms with Gasteiger partial charge in [0.1, 0.15) is 0 Å². The third-order valence-corrected chi connectivity index (χ3v) is 5.47. The number of hydrogen-bond donors (Lipinski definition) is 0. The number of halogens is 1. The standard InChI is InChI=1S/C21H20ClN5OS/c1-15-5-3-6-18(13-15)27-20(16-7-9-17(22)10-8-16)24-25-21(27)29-14-19(28)26(2)12-4-11-23/h3,5-10,13H,4,12,14H2,1-2H3. The van der Waals surface area contributed by atoms with Crippen molar-refractivity contribution < 1.29 is 4.79 Å². The number of aromatic nitrogens is 3. The van der Waals surface area contributed by atoms with E-state index in [0.717, 1.165) is 16.8 Å². The highest BCUT2D eigenvalue weighted by Crippen LogP contribution is 2.29. The molecule has 1 heterocycles. The fourth-order valence-corrected chi connectivity index (χ4v) is 3.75. The van der Waals surface area contributed by atoms with Crippen LogP contribution in [-0.4, -0.2) is 44.9 Å². The maximum atomic E-state index is 12.4. The first-order valence-corrected chi connectivity index (χ1v) is 10.4. The van der Waals surface area contributed by atoms with Gasteiger partial charge in [-0.3, -0.25) is 9.36 Å². The lowest BCUT2D eigenvalue weighted by Crippen LogP contribution is -2.29. The summed E-state index contributed by atoms with van der Waals surface area (Å²) in [6, 6.07) is 17.5. The molecule has 8 heteroatoms. The number of aryl methyl sites for hydroxylation is 1. The lowest BCUT2D eigenvalue weighted by atomic mass is 10.2. The summed E-state index contributed by atoms with van der Waals surface area (Å²) < 4.78 is 1.95. The number of carbonyl (C=O) groups excluding carboxylic acids is 1. The first-order valence-electron chi connectivity index (χ1n) is 9.01. The summed E-state index contributed by atoms with van der Waals surface area (Å²) in [6.45, 7) is 2.44. The van der Waals surface area contributed by atoms with Crippen molar-refractivity contribution in [3.05, 3.63) is 59.1 Å². The zero-order valence-electron chi connectivity index (χ0n) is 16.2. The zero-order chi connectivity index (χ0) is 20.8. The highest BCUT2D eigenvalue weighted by molar-refractivity contribution is 7.99. The number of amides is 1. The minimum absolute atomic E-state index is 0.0583. The second-order valence-electron chi connectivity index (χ2n) is 6.50. The zero-order valence-corrected chi connectivity index (χ0v) is 17.7. The number of nitrogens with zero attached hydrogens (tertiary/aromatic N) is 5. The molecule has 2 aromatic carbocycles. The van der Waals surface area contributed by atoms with Gasteiger partial charge < -0.3 is 4.90 Å². The number of benzene rings is 2. The van der Waals surface area contributed by atoms with E-state index in [-0.39, 0.29) is 11.7 Å². The molecule has 0 saturated carbocycles. The third-order valence-electron chi connectivity index (χ3n) is 4.31. The molecule has 0 atom stereocenters. The Morgan fingerprint density at radius 2 is 2.00 bits per heavy atom. The number of carbonyl (C=O) groups is 1. The lowest BCUT2D eigenvalue weighted by Gasteiger charge is -2.15. The quantitative estimate of drug-likeness (QED) is 0.526. The fourth-order valence-electron chi connectivity index (χ4n) is 2.73. The highest BCUT2D eigenvalue weighted by atomic mass is 35.5. The average molecular weight is 426 g/mol. The molecule has 0 N–H and O–H groups in total. The number of hydrogen-bond acceptors (Lipinski definition) is 5. The Kier molecular flexibility index (Phi) is 6.91. The summed E-state index contributed by atoms with van der Waals surface area (Å²) in [5.41, 5.74) is 2.92. The van der Waals surface area contributed by atoms with Crippen molar-refractivity contribution >= 4 is 29.3 Å². The summed E-state index contributed by atoms with van der Waals surface area (Å²) in [6.07, 6.45) is 0.313. The number of rotatable bonds is 7. The van der Waals surface area contributed by atoms with Gasteiger partial charge in [-0.2, -0.15) is 5.26 Å². The lowest BCUT2D eigenvalue weighted by molar-refractivity contribution is -0.127. The molecule has 0 bridgehead atoms. The first kappa shape index (κ1) is 20.9. The molecule has 148 valence electrons. The summed E-state index contributed by atoms with van der Waals surface area (Å²) in [5, 5.41) is 18.7. The van der Waals surface area contributed by atoms with Gasteiger partial charge in [0.05, 0.1) is 18.2 Å². The molecular formula is C21H20ClN5OS. The molecule has 0 aliphatic carbocycles. The summed E-state index contributed by atoms with van der Waals surface area (Å²) in [5.74, 6) is 0.837. The second-order valence-corrected chi connectivity index (χ2v) is 7.88. The maximum absolute atomic E-state index is 12.4. The summed E-state index contributed by atoms with van der Waals surface area (Å²) in [4.78, 5) is 13.9. The predicted molar refractivity (Wildman–Crippen MR) is 115 cm³/mol. The van der Waals surface area contributed by atoms with Gasteiger partial charge in [-0.1, -0.05) is 35.5 Å². The van der Waals surface area contributed by atoms with Crippen LogP contribution in [0.2, 0.25) is 5.02 Å². The Morgan fingerprint density at radius 3 is 2.69 bits per heavy atom. The molecule has 6 nitrogen and oxygen atoms in total. The smallest absolute Gasteiger partial charge is 0.232 e. The number of thioether (sulfide) groups is 1. The van der Waals surface area contributed by atoms with Crippen molar-refractivity contribution in [2.75, 3.05) is 19.3 Å². The topological polar surface area (TPSA) is 74.8 Å². The Morgan fingerprint density at radius 1 is 1.24 bits per heavy atom. The molecule has 0 unspecified atom stereocenters. The van der Waals surface area contributed by atoms with E-state index in [1.807, 2.05) is 60.0 Å². The van der Waals surface area contributed by atoms with Gasteiger partial charge in [0.25, 0.3) is 0 Å². The van der Waals surface area contributed by atoms with Crippen molar-refractivity contribution in [3.63, 3.8) is 0 Å². The van der Waals surface area contributed by atoms with Crippen LogP contribution in [0, 0.1) is 18.3 Å². The molecule has 1 amide bonds. The van der Waals surface area contributed by atoms with E-state index < -0.39 is 0 Å². The van der Waals surface area contributed by atoms with Crippen molar-refractivity contribution in [3.8, 4) is 23.1 Å². The van der Waals surface area contributed by atoms with Crippen LogP contribution in [0.3, 0.4) is 0 Å². The molecule has 29 heavy (non-hydrogen) atoms. The van der Waals surface area contributed by atoms with Crippen LogP contribution in [0.1, 0.15) is 12.0 Å². The first-order chi connectivity index (χ1) is 14.0. The van der Waals surface area contributed by atoms with E-state index in [4.69, 9.17) is 16.9 Å². The van der Waals surface area contributed by atoms with Crippen molar-refractivity contribution in [1.82, 2.24) is 19.7 Å². The normalized spacial score (nSPS) is 10.6. The molecule has 3 rings (SSSR count). The van der Waals surface area contributed by atoms with Crippen LogP contribution in [0.25, 0.3) is 17.1 Å². The van der Waals surface area contributed by atoms with Crippen molar-refractivity contribution in [1.29, 1.82) is 5.26 Å². The van der Waals surface area contributed by atoms with E-state index >= 15 is 0 Å². The van der Waals surface area contributed by atoms with Crippen molar-refractivity contribution in [2.45, 2.75) is 18.5 Å². The Labute approximate surface area is 179 Å². The molecule has 1 aromatic heterocycles. The van der Waals surface area contributed by atoms with E-state index in [1.165, 1.54) is 11.8 Å². The number of nitriles is 1. The fraction of sp³-hybridized carbons (Fsp3) is 0.238. The summed E-state index contributed by atoms with van der Waals surface area (Å²) >= 11 is 7.35. The second kappa shape index (κ2) is 9.59. The van der Waals surface area contributed by atoms with E-state index in [2.05, 4.69) is 16.3 Å². The van der Waals surface area contributed by atoms with Gasteiger partial charge in [-0.25, -0.2) is 0 Å². The molecule has 0 fully saturated rings. The Balaban J connectivity index is 1.92. The monoisotopic (exact) mass is 425 g/mol. The van der Waals surface area contributed by atoms with Gasteiger partial charge in [0.2, 0.25) is 5.91 Å². The van der Waals surface area contributed by atoms with Crippen LogP contribution in [0.5, 0.6) is 0 Å². The SMILES string of the molecule is Cc1cccc(-n2c(SCC(=O)N(C)CCC#N)nnc2-c2ccc(Cl)cc2)c1. The minimum atomic E-state index is -0.0583. The van der Waals surface area contributed by atoms with Crippen LogP contribution in [-0.2, 0) is 4.79 Å². The van der Waals surface area contributed by atoms with E-state index in [1.54, 1.807) is 11.9 Å². The average Bonchev–Trinajstić information content (AvgIpc) is 3.14. The Bertz CT molecular complexity index is 1040. The van der Waals surface area contributed by atoms with Gasteiger partial charge in [-0.15, -0.1) is 10.2 Å². The van der Waals surface area contributed by atoms with Gasteiger partial charge in [0.15, 0.2) is 11.0 Å². The largest absolute Gasteiger partial charge is 0.344 e. The molecule has 0 spiro atoms. The Hall–Kier alpha value is -2.82. The van der Waals surface area contributed by atoms with E-state index in [9.17, 15) is 4.79 Å². The molecule has 0 saturated heterocycles. The third kappa shape index (κ3) is 5.17. The summed E-state index contributed by atoms with van der Waals surface area (Å²) in [7, 11) is 1.70. The maximum Gasteiger partial charge on any atom is 0.232 e. The molecule has 3 aromatic rings. The van der Waals surface area contributed by atoms with Gasteiger partial charge in [-0.05, 0) is 48.9 Å². The van der Waals surface area contributed by atoms with Crippen molar-refractivity contribution in [2.24, 2.45) is 0 Å². The molecule has 0 radical (unpaired) electrons. The van der Waals surface area contributed by atoms with Gasteiger partial charge >= 0.3 is 0 Å². The van der Waals surface area contributed by atoms with Crippen LogP contribution in [0.15, 0.2) is 53.7 Å².